The summed E-state index contributed by atoms with van der Waals surface area (Å²) in [5.41, 5.74) is 1.05. The van der Waals surface area contributed by atoms with Crippen molar-refractivity contribution in [3.05, 3.63) is 54.1 Å². The molecule has 1 amide bonds. The second-order valence-corrected chi connectivity index (χ2v) is 9.40. The van der Waals surface area contributed by atoms with Gasteiger partial charge in [-0.25, -0.2) is 8.42 Å². The Labute approximate surface area is 186 Å². The molecule has 0 atom stereocenters. The van der Waals surface area contributed by atoms with Crippen LogP contribution in [0.25, 0.3) is 0 Å². The van der Waals surface area contributed by atoms with E-state index in [4.69, 9.17) is 4.74 Å². The number of sulfonamides is 1. The number of rotatable bonds is 13. The van der Waals surface area contributed by atoms with Gasteiger partial charge >= 0.3 is 0 Å². The number of ether oxygens (including phenoxy) is 1. The van der Waals surface area contributed by atoms with E-state index < -0.39 is 10.0 Å². The number of nitrogens with zero attached hydrogens (tertiary/aromatic N) is 1. The van der Waals surface area contributed by atoms with E-state index in [1.807, 2.05) is 13.8 Å². The third-order valence-corrected chi connectivity index (χ3v) is 6.74. The summed E-state index contributed by atoms with van der Waals surface area (Å²) in [6, 6.07) is 13.3. The molecule has 0 saturated heterocycles. The van der Waals surface area contributed by atoms with Gasteiger partial charge in [0.15, 0.2) is 0 Å². The molecule has 0 saturated carbocycles. The van der Waals surface area contributed by atoms with Crippen LogP contribution in [-0.4, -0.2) is 38.3 Å². The van der Waals surface area contributed by atoms with Crippen molar-refractivity contribution in [3.63, 3.8) is 0 Å². The first-order valence-corrected chi connectivity index (χ1v) is 12.5. The van der Waals surface area contributed by atoms with Crippen LogP contribution in [0.15, 0.2) is 53.4 Å². The molecule has 0 bridgehead atoms. The van der Waals surface area contributed by atoms with Gasteiger partial charge in [0.25, 0.3) is 5.91 Å². The molecule has 1 N–H and O–H groups in total. The number of anilines is 1. The van der Waals surface area contributed by atoms with Crippen LogP contribution in [0.2, 0.25) is 0 Å². The number of nitrogens with one attached hydrogen (secondary N) is 1. The maximum absolute atomic E-state index is 12.8. The molecule has 2 aromatic carbocycles. The molecule has 0 aliphatic rings. The third-order valence-electron chi connectivity index (χ3n) is 4.83. The summed E-state index contributed by atoms with van der Waals surface area (Å²) in [6.45, 7) is 7.72. The van der Waals surface area contributed by atoms with Crippen molar-refractivity contribution < 1.29 is 17.9 Å². The molecular formula is C24H34N2O4S. The zero-order valence-corrected chi connectivity index (χ0v) is 19.6. The number of carbonyl (C=O) groups is 1. The Bertz CT molecular complexity index is 904. The summed E-state index contributed by atoms with van der Waals surface area (Å²) < 4.78 is 32.8. The number of carbonyl (C=O) groups excluding carboxylic acids is 1. The predicted octanol–water partition coefficient (Wildman–Crippen LogP) is 5.32. The van der Waals surface area contributed by atoms with Crippen LogP contribution in [0.1, 0.15) is 63.2 Å². The van der Waals surface area contributed by atoms with Crippen molar-refractivity contribution in [2.45, 2.75) is 57.8 Å². The standard InChI is InChI=1S/C24H34N2O4S/c1-4-7-8-19-30-22-13-9-20(10-14-22)24(27)25-21-11-15-23(16-12-21)31(28,29)26(17-5-2)18-6-3/h9-16H,4-8,17-19H2,1-3H3,(H,25,27). The van der Waals surface area contributed by atoms with E-state index in [2.05, 4.69) is 12.2 Å². The van der Waals surface area contributed by atoms with Crippen LogP contribution in [0, 0.1) is 0 Å². The molecule has 0 spiro atoms. The van der Waals surface area contributed by atoms with Crippen LogP contribution >= 0.6 is 0 Å². The van der Waals surface area contributed by atoms with Crippen molar-refractivity contribution >= 4 is 21.6 Å². The minimum Gasteiger partial charge on any atom is -0.494 e. The minimum atomic E-state index is -3.53. The van der Waals surface area contributed by atoms with E-state index in [1.54, 1.807) is 36.4 Å². The maximum atomic E-state index is 12.8. The lowest BCUT2D eigenvalue weighted by Crippen LogP contribution is -2.32. The van der Waals surface area contributed by atoms with Crippen molar-refractivity contribution in [1.82, 2.24) is 4.31 Å². The lowest BCUT2D eigenvalue weighted by molar-refractivity contribution is 0.102. The van der Waals surface area contributed by atoms with Crippen LogP contribution in [0.5, 0.6) is 5.75 Å². The number of benzene rings is 2. The van der Waals surface area contributed by atoms with E-state index in [9.17, 15) is 13.2 Å². The van der Waals surface area contributed by atoms with Gasteiger partial charge < -0.3 is 10.1 Å². The van der Waals surface area contributed by atoms with Crippen LogP contribution in [-0.2, 0) is 10.0 Å². The molecule has 0 fully saturated rings. The number of amides is 1. The van der Waals surface area contributed by atoms with Gasteiger partial charge in [0.2, 0.25) is 10.0 Å². The third kappa shape index (κ3) is 7.36. The average Bonchev–Trinajstić information content (AvgIpc) is 2.77. The normalized spacial score (nSPS) is 11.5. The number of unbranched alkanes of at least 4 members (excludes halogenated alkanes) is 2. The first-order valence-electron chi connectivity index (χ1n) is 11.1. The van der Waals surface area contributed by atoms with E-state index in [0.29, 0.717) is 30.9 Å². The zero-order valence-electron chi connectivity index (χ0n) is 18.8. The first kappa shape index (κ1) is 24.9. The Morgan fingerprint density at radius 3 is 2.03 bits per heavy atom. The molecule has 0 aliphatic heterocycles. The Morgan fingerprint density at radius 1 is 0.871 bits per heavy atom. The molecule has 31 heavy (non-hydrogen) atoms. The highest BCUT2D eigenvalue weighted by Gasteiger charge is 2.22. The smallest absolute Gasteiger partial charge is 0.255 e. The fourth-order valence-corrected chi connectivity index (χ4v) is 4.78. The van der Waals surface area contributed by atoms with E-state index in [1.165, 1.54) is 16.4 Å². The summed E-state index contributed by atoms with van der Waals surface area (Å²) >= 11 is 0. The van der Waals surface area contributed by atoms with E-state index >= 15 is 0 Å². The zero-order chi connectivity index (χ0) is 22.7. The number of hydrogen-bond acceptors (Lipinski definition) is 4. The summed E-state index contributed by atoms with van der Waals surface area (Å²) in [7, 11) is -3.53. The van der Waals surface area contributed by atoms with Gasteiger partial charge in [-0.3, -0.25) is 4.79 Å². The Balaban J connectivity index is 2.00. The molecule has 0 radical (unpaired) electrons. The largest absolute Gasteiger partial charge is 0.494 e. The molecule has 0 unspecified atom stereocenters. The topological polar surface area (TPSA) is 75.7 Å². The van der Waals surface area contributed by atoms with Gasteiger partial charge in [-0.05, 0) is 67.8 Å². The minimum absolute atomic E-state index is 0.233. The van der Waals surface area contributed by atoms with E-state index in [0.717, 1.165) is 37.9 Å². The first-order chi connectivity index (χ1) is 14.9. The highest BCUT2D eigenvalue weighted by molar-refractivity contribution is 7.89. The summed E-state index contributed by atoms with van der Waals surface area (Å²) in [4.78, 5) is 12.7. The SMILES string of the molecule is CCCCCOc1ccc(C(=O)Nc2ccc(S(=O)(=O)N(CCC)CCC)cc2)cc1. The second kappa shape index (κ2) is 12.5. The van der Waals surface area contributed by atoms with Crippen molar-refractivity contribution in [3.8, 4) is 5.75 Å². The lowest BCUT2D eigenvalue weighted by atomic mass is 10.2. The van der Waals surface area contributed by atoms with Gasteiger partial charge in [-0.1, -0.05) is 33.6 Å². The van der Waals surface area contributed by atoms with Gasteiger partial charge in [0, 0.05) is 24.3 Å². The van der Waals surface area contributed by atoms with Crippen molar-refractivity contribution in [2.75, 3.05) is 25.0 Å². The fraction of sp³-hybridized carbons (Fsp3) is 0.458. The predicted molar refractivity (Wildman–Crippen MR) is 125 cm³/mol. The molecule has 170 valence electrons. The Kier molecular flexibility index (Phi) is 10.0. The number of hydrogen-bond donors (Lipinski definition) is 1. The highest BCUT2D eigenvalue weighted by atomic mass is 32.2. The molecule has 6 nitrogen and oxygen atoms in total. The second-order valence-electron chi connectivity index (χ2n) is 7.46. The fourth-order valence-electron chi connectivity index (χ4n) is 3.16. The van der Waals surface area contributed by atoms with Gasteiger partial charge in [-0.2, -0.15) is 4.31 Å². The summed E-state index contributed by atoms with van der Waals surface area (Å²) in [5.74, 6) is 0.484. The van der Waals surface area contributed by atoms with Crippen LogP contribution < -0.4 is 10.1 Å². The monoisotopic (exact) mass is 446 g/mol. The van der Waals surface area contributed by atoms with Crippen molar-refractivity contribution in [1.29, 1.82) is 0 Å². The van der Waals surface area contributed by atoms with Gasteiger partial charge in [0.1, 0.15) is 5.75 Å². The molecule has 0 aliphatic carbocycles. The Morgan fingerprint density at radius 2 is 1.48 bits per heavy atom. The summed E-state index contributed by atoms with van der Waals surface area (Å²) in [6.07, 6.45) is 4.81. The van der Waals surface area contributed by atoms with Gasteiger partial charge in [-0.15, -0.1) is 0 Å². The molecule has 0 heterocycles. The highest BCUT2D eigenvalue weighted by Crippen LogP contribution is 2.20. The average molecular weight is 447 g/mol. The summed E-state index contributed by atoms with van der Waals surface area (Å²) in [5, 5.41) is 2.81. The molecule has 2 aromatic rings. The molecule has 0 aromatic heterocycles. The van der Waals surface area contributed by atoms with Crippen LogP contribution in [0.3, 0.4) is 0 Å². The maximum Gasteiger partial charge on any atom is 0.255 e. The van der Waals surface area contributed by atoms with E-state index in [-0.39, 0.29) is 10.8 Å². The molecular weight excluding hydrogens is 412 g/mol. The molecule has 7 heteroatoms. The molecule has 2 rings (SSSR count). The lowest BCUT2D eigenvalue weighted by Gasteiger charge is -2.21. The quantitative estimate of drug-likeness (QED) is 0.423. The van der Waals surface area contributed by atoms with Gasteiger partial charge in [0.05, 0.1) is 11.5 Å². The van der Waals surface area contributed by atoms with Crippen LogP contribution in [0.4, 0.5) is 5.69 Å². The Hall–Kier alpha value is -2.38. The van der Waals surface area contributed by atoms with Crippen molar-refractivity contribution in [2.24, 2.45) is 0 Å².